The van der Waals surface area contributed by atoms with Crippen molar-refractivity contribution in [3.8, 4) is 0 Å². The first-order valence-corrected chi connectivity index (χ1v) is 6.68. The van der Waals surface area contributed by atoms with Gasteiger partial charge in [0.25, 0.3) is 0 Å². The van der Waals surface area contributed by atoms with Crippen LogP contribution in [0.5, 0.6) is 0 Å². The highest BCUT2D eigenvalue weighted by Crippen LogP contribution is 2.24. The Labute approximate surface area is 111 Å². The molecule has 1 fully saturated rings. The zero-order valence-corrected chi connectivity index (χ0v) is 11.0. The van der Waals surface area contributed by atoms with Gasteiger partial charge in [0.15, 0.2) is 0 Å². The van der Waals surface area contributed by atoms with E-state index in [9.17, 15) is 4.79 Å². The molecular weight excluding hydrogens is 257 g/mol. The van der Waals surface area contributed by atoms with Crippen molar-refractivity contribution in [2.75, 3.05) is 0 Å². The molecule has 1 aromatic carbocycles. The van der Waals surface area contributed by atoms with Gasteiger partial charge in [-0.1, -0.05) is 36.6 Å². The van der Waals surface area contributed by atoms with Crippen molar-refractivity contribution >= 4 is 29.1 Å². The van der Waals surface area contributed by atoms with E-state index in [1.54, 1.807) is 24.3 Å². The number of alkyl halides is 1. The zero-order chi connectivity index (χ0) is 12.3. The molecule has 1 unspecified atom stereocenters. The van der Waals surface area contributed by atoms with E-state index < -0.39 is 5.38 Å². The summed E-state index contributed by atoms with van der Waals surface area (Å²) in [4.78, 5) is 11.9. The molecule has 1 saturated carbocycles. The fourth-order valence-corrected chi connectivity index (χ4v) is 2.46. The second-order valence-corrected chi connectivity index (χ2v) is 5.28. The molecule has 17 heavy (non-hydrogen) atoms. The summed E-state index contributed by atoms with van der Waals surface area (Å²) >= 11 is 11.9. The molecule has 1 aromatic rings. The molecule has 1 aliphatic rings. The maximum atomic E-state index is 11.9. The Kier molecular flexibility index (Phi) is 4.30. The van der Waals surface area contributed by atoms with Crippen LogP contribution in [0.4, 0.5) is 0 Å². The standard InChI is InChI=1S/C13H15Cl2NO/c14-10-7-5-9(6-8-10)12(15)13(17)16-11-3-1-2-4-11/h5-8,11-12H,1-4H2,(H,16,17). The van der Waals surface area contributed by atoms with Crippen molar-refractivity contribution in [1.82, 2.24) is 5.32 Å². The largest absolute Gasteiger partial charge is 0.352 e. The minimum absolute atomic E-state index is 0.110. The fourth-order valence-electron chi connectivity index (χ4n) is 2.13. The average molecular weight is 272 g/mol. The van der Waals surface area contributed by atoms with E-state index in [4.69, 9.17) is 23.2 Å². The Bertz CT molecular complexity index is 385. The average Bonchev–Trinajstić information content (AvgIpc) is 2.82. The Balaban J connectivity index is 1.96. The number of amides is 1. The van der Waals surface area contributed by atoms with Gasteiger partial charge >= 0.3 is 0 Å². The number of nitrogens with one attached hydrogen (secondary N) is 1. The van der Waals surface area contributed by atoms with Crippen LogP contribution < -0.4 is 5.32 Å². The van der Waals surface area contributed by atoms with Crippen molar-refractivity contribution < 1.29 is 4.79 Å². The number of carbonyl (C=O) groups excluding carboxylic acids is 1. The Morgan fingerprint density at radius 2 is 1.82 bits per heavy atom. The minimum atomic E-state index is -0.632. The van der Waals surface area contributed by atoms with Crippen LogP contribution in [0.2, 0.25) is 5.02 Å². The molecule has 1 N–H and O–H groups in total. The van der Waals surface area contributed by atoms with Gasteiger partial charge in [0, 0.05) is 11.1 Å². The first kappa shape index (κ1) is 12.7. The third kappa shape index (κ3) is 3.36. The molecule has 4 heteroatoms. The Morgan fingerprint density at radius 3 is 2.41 bits per heavy atom. The normalized spacial score (nSPS) is 18.0. The van der Waals surface area contributed by atoms with Gasteiger partial charge in [-0.3, -0.25) is 4.79 Å². The molecule has 1 aliphatic carbocycles. The van der Waals surface area contributed by atoms with Crippen molar-refractivity contribution in [2.24, 2.45) is 0 Å². The summed E-state index contributed by atoms with van der Waals surface area (Å²) in [6.45, 7) is 0. The zero-order valence-electron chi connectivity index (χ0n) is 9.46. The SMILES string of the molecule is O=C(NC1CCCC1)C(Cl)c1ccc(Cl)cc1. The van der Waals surface area contributed by atoms with Crippen LogP contribution in [-0.2, 0) is 4.79 Å². The maximum Gasteiger partial charge on any atom is 0.242 e. The fraction of sp³-hybridized carbons (Fsp3) is 0.462. The van der Waals surface area contributed by atoms with E-state index in [2.05, 4.69) is 5.32 Å². The lowest BCUT2D eigenvalue weighted by molar-refractivity contribution is -0.121. The molecule has 0 aliphatic heterocycles. The van der Waals surface area contributed by atoms with E-state index in [1.807, 2.05) is 0 Å². The predicted octanol–water partition coefficient (Wildman–Crippen LogP) is 3.68. The molecule has 0 bridgehead atoms. The summed E-state index contributed by atoms with van der Waals surface area (Å²) in [5, 5.41) is 3.00. The van der Waals surface area contributed by atoms with Gasteiger partial charge in [-0.05, 0) is 30.5 Å². The van der Waals surface area contributed by atoms with E-state index in [-0.39, 0.29) is 5.91 Å². The molecular formula is C13H15Cl2NO. The topological polar surface area (TPSA) is 29.1 Å². The summed E-state index contributed by atoms with van der Waals surface area (Å²) in [5.74, 6) is -0.110. The van der Waals surface area contributed by atoms with Gasteiger partial charge < -0.3 is 5.32 Å². The van der Waals surface area contributed by atoms with Crippen molar-refractivity contribution in [1.29, 1.82) is 0 Å². The monoisotopic (exact) mass is 271 g/mol. The molecule has 2 rings (SSSR count). The minimum Gasteiger partial charge on any atom is -0.352 e. The van der Waals surface area contributed by atoms with Crippen LogP contribution in [0.15, 0.2) is 24.3 Å². The van der Waals surface area contributed by atoms with Crippen molar-refractivity contribution in [2.45, 2.75) is 37.1 Å². The summed E-state index contributed by atoms with van der Waals surface area (Å²) in [7, 11) is 0. The quantitative estimate of drug-likeness (QED) is 0.835. The predicted molar refractivity (Wildman–Crippen MR) is 70.4 cm³/mol. The second kappa shape index (κ2) is 5.74. The lowest BCUT2D eigenvalue weighted by Gasteiger charge is -2.15. The highest BCUT2D eigenvalue weighted by Gasteiger charge is 2.22. The molecule has 92 valence electrons. The van der Waals surface area contributed by atoms with Crippen LogP contribution in [0.1, 0.15) is 36.6 Å². The number of hydrogen-bond acceptors (Lipinski definition) is 1. The van der Waals surface area contributed by atoms with Crippen molar-refractivity contribution in [3.63, 3.8) is 0 Å². The molecule has 1 amide bonds. The molecule has 2 nitrogen and oxygen atoms in total. The summed E-state index contributed by atoms with van der Waals surface area (Å²) < 4.78 is 0. The molecule has 0 aromatic heterocycles. The van der Waals surface area contributed by atoms with E-state index in [0.717, 1.165) is 18.4 Å². The summed E-state index contributed by atoms with van der Waals surface area (Å²) in [5.41, 5.74) is 0.784. The third-order valence-electron chi connectivity index (χ3n) is 3.09. The van der Waals surface area contributed by atoms with Crippen LogP contribution in [0.3, 0.4) is 0 Å². The molecule has 0 heterocycles. The van der Waals surface area contributed by atoms with Crippen LogP contribution in [-0.4, -0.2) is 11.9 Å². The first-order valence-electron chi connectivity index (χ1n) is 5.87. The lowest BCUT2D eigenvalue weighted by atomic mass is 10.1. The van der Waals surface area contributed by atoms with Gasteiger partial charge in [0.1, 0.15) is 5.38 Å². The van der Waals surface area contributed by atoms with Crippen molar-refractivity contribution in [3.05, 3.63) is 34.9 Å². The number of benzene rings is 1. The number of halogens is 2. The first-order chi connectivity index (χ1) is 8.16. The van der Waals surface area contributed by atoms with Gasteiger partial charge in [-0.15, -0.1) is 11.6 Å². The van der Waals surface area contributed by atoms with Crippen LogP contribution >= 0.6 is 23.2 Å². The Hall–Kier alpha value is -0.730. The van der Waals surface area contributed by atoms with Crippen LogP contribution in [0.25, 0.3) is 0 Å². The Morgan fingerprint density at radius 1 is 1.24 bits per heavy atom. The lowest BCUT2D eigenvalue weighted by Crippen LogP contribution is -2.34. The highest BCUT2D eigenvalue weighted by atomic mass is 35.5. The maximum absolute atomic E-state index is 11.9. The molecule has 0 spiro atoms. The molecule has 0 saturated heterocycles. The van der Waals surface area contributed by atoms with E-state index in [1.165, 1.54) is 12.8 Å². The van der Waals surface area contributed by atoms with Crippen LogP contribution in [0, 0.1) is 0 Å². The second-order valence-electron chi connectivity index (χ2n) is 4.40. The number of hydrogen-bond donors (Lipinski definition) is 1. The summed E-state index contributed by atoms with van der Waals surface area (Å²) in [6.07, 6.45) is 4.52. The third-order valence-corrected chi connectivity index (χ3v) is 3.80. The van der Waals surface area contributed by atoms with Gasteiger partial charge in [-0.2, -0.15) is 0 Å². The van der Waals surface area contributed by atoms with Gasteiger partial charge in [0.05, 0.1) is 0 Å². The summed E-state index contributed by atoms with van der Waals surface area (Å²) in [6, 6.07) is 7.36. The number of rotatable bonds is 3. The smallest absolute Gasteiger partial charge is 0.242 e. The van der Waals surface area contributed by atoms with E-state index in [0.29, 0.717) is 11.1 Å². The molecule has 1 atom stereocenters. The van der Waals surface area contributed by atoms with E-state index >= 15 is 0 Å². The van der Waals surface area contributed by atoms with Gasteiger partial charge in [0.2, 0.25) is 5.91 Å². The van der Waals surface area contributed by atoms with Gasteiger partial charge in [-0.25, -0.2) is 0 Å². The molecule has 0 radical (unpaired) electrons. The highest BCUT2D eigenvalue weighted by molar-refractivity contribution is 6.31. The number of carbonyl (C=O) groups is 1.